The zero-order valence-electron chi connectivity index (χ0n) is 33.9. The smallest absolute Gasteiger partial charge is 0.238 e. The van der Waals surface area contributed by atoms with Gasteiger partial charge in [-0.15, -0.1) is 0 Å². The number of rotatable bonds is 6. The lowest BCUT2D eigenvalue weighted by Crippen LogP contribution is -2.07. The second-order valence-electron chi connectivity index (χ2n) is 16.0. The molecule has 13 rings (SSSR count). The molecule has 13 aromatic rings. The lowest BCUT2D eigenvalue weighted by Gasteiger charge is -2.16. The first kappa shape index (κ1) is 35.2. The summed E-state index contributed by atoms with van der Waals surface area (Å²) < 4.78 is 10.8. The summed E-state index contributed by atoms with van der Waals surface area (Å²) in [5.41, 5.74) is 13.1. The Kier molecular flexibility index (Phi) is 7.80. The summed E-state index contributed by atoms with van der Waals surface area (Å²) >= 11 is 0. The van der Waals surface area contributed by atoms with Crippen LogP contribution in [0.1, 0.15) is 0 Å². The minimum Gasteiger partial charge on any atom is -0.456 e. The van der Waals surface area contributed by atoms with Gasteiger partial charge in [0.2, 0.25) is 5.95 Å². The van der Waals surface area contributed by atoms with Gasteiger partial charge in [-0.1, -0.05) is 164 Å². The van der Waals surface area contributed by atoms with Crippen LogP contribution in [0, 0.1) is 0 Å². The monoisotopic (exact) mass is 805 g/mol. The lowest BCUT2D eigenvalue weighted by molar-refractivity contribution is 0.669. The van der Waals surface area contributed by atoms with Gasteiger partial charge >= 0.3 is 0 Å². The number of nitrogens with zero attached hydrogens (tertiary/aromatic N) is 5. The summed E-state index contributed by atoms with van der Waals surface area (Å²) in [6, 6.07) is 74.4. The number of hydrogen-bond donors (Lipinski definition) is 0. The van der Waals surface area contributed by atoms with Gasteiger partial charge in [0.15, 0.2) is 11.6 Å². The first-order chi connectivity index (χ1) is 31.2. The summed E-state index contributed by atoms with van der Waals surface area (Å²) in [5, 5.41) is 6.81. The molecule has 0 saturated heterocycles. The number of fused-ring (bicyclic) bond motifs is 9. The van der Waals surface area contributed by atoms with E-state index >= 15 is 0 Å². The molecular formula is C57H35N5O. The van der Waals surface area contributed by atoms with Crippen LogP contribution in [0.4, 0.5) is 0 Å². The molecule has 4 heterocycles. The van der Waals surface area contributed by atoms with Gasteiger partial charge in [0, 0.05) is 54.7 Å². The summed E-state index contributed by atoms with van der Waals surface area (Å²) in [5.74, 6) is 1.70. The van der Waals surface area contributed by atoms with Crippen molar-refractivity contribution in [2.75, 3.05) is 0 Å². The van der Waals surface area contributed by atoms with Crippen LogP contribution in [-0.2, 0) is 0 Å². The number of furan rings is 1. The van der Waals surface area contributed by atoms with E-state index < -0.39 is 0 Å². The molecule has 0 saturated carbocycles. The molecule has 0 aliphatic carbocycles. The van der Waals surface area contributed by atoms with Crippen LogP contribution in [0.15, 0.2) is 217 Å². The van der Waals surface area contributed by atoms with E-state index in [1.807, 2.05) is 30.3 Å². The maximum absolute atomic E-state index is 6.26. The molecule has 294 valence electrons. The van der Waals surface area contributed by atoms with E-state index in [-0.39, 0.29) is 0 Å². The fourth-order valence-electron chi connectivity index (χ4n) is 9.58. The first-order valence-corrected chi connectivity index (χ1v) is 21.2. The maximum atomic E-state index is 6.26. The fourth-order valence-corrected chi connectivity index (χ4v) is 9.58. The molecule has 0 atom stereocenters. The van der Waals surface area contributed by atoms with Crippen molar-refractivity contribution in [3.63, 3.8) is 0 Å². The molecule has 9 aromatic carbocycles. The Hall–Kier alpha value is -8.61. The highest BCUT2D eigenvalue weighted by molar-refractivity contribution is 6.15. The third-order valence-electron chi connectivity index (χ3n) is 12.4. The van der Waals surface area contributed by atoms with Crippen molar-refractivity contribution in [3.05, 3.63) is 212 Å². The quantitative estimate of drug-likeness (QED) is 0.168. The van der Waals surface area contributed by atoms with Crippen molar-refractivity contribution in [3.8, 4) is 56.7 Å². The summed E-state index contributed by atoms with van der Waals surface area (Å²) in [7, 11) is 0. The van der Waals surface area contributed by atoms with Crippen LogP contribution in [-0.4, -0.2) is 24.1 Å². The average Bonchev–Trinajstić information content (AvgIpc) is 4.02. The Morgan fingerprint density at radius 1 is 0.317 bits per heavy atom. The van der Waals surface area contributed by atoms with Crippen LogP contribution < -0.4 is 0 Å². The Balaban J connectivity index is 1.11. The van der Waals surface area contributed by atoms with Gasteiger partial charge in [0.1, 0.15) is 11.2 Å². The van der Waals surface area contributed by atoms with E-state index in [1.54, 1.807) is 0 Å². The predicted molar refractivity (Wildman–Crippen MR) is 258 cm³/mol. The molecule has 0 spiro atoms. The molecule has 0 fully saturated rings. The fraction of sp³-hybridized carbons (Fsp3) is 0. The van der Waals surface area contributed by atoms with Crippen molar-refractivity contribution in [1.29, 1.82) is 0 Å². The molecule has 6 nitrogen and oxygen atoms in total. The average molecular weight is 806 g/mol. The highest BCUT2D eigenvalue weighted by Crippen LogP contribution is 2.42. The molecular weight excluding hydrogens is 771 g/mol. The normalized spacial score (nSPS) is 11.8. The second-order valence-corrected chi connectivity index (χ2v) is 16.0. The number of benzene rings is 9. The van der Waals surface area contributed by atoms with Crippen LogP contribution in [0.3, 0.4) is 0 Å². The SMILES string of the molecule is c1ccc(-c2nc(-c3cc(-n4c5ccccc5c5ccccc54)ccc3-c3ccccc3)nc(-n3c4ccccc4c4cccc(-c5ccc6oc7ccccc7c6c5)c43)n2)cc1. The standard InChI is InChI=1S/C57H35N5O/c1-3-16-36(17-4-1)40-32-31-39(61-49-26-11-7-20-42(49)43-21-8-12-27-50(43)61)35-48(40)56-58-55(37-18-5-2-6-19-37)59-57(60-56)62-51-28-13-9-22-44(51)46-25-15-24-41(54(46)62)38-30-33-53-47(34-38)45-23-10-14-29-52(45)63-53/h1-35H. The number of para-hydroxylation sites is 5. The molecule has 0 unspecified atom stereocenters. The van der Waals surface area contributed by atoms with Gasteiger partial charge in [-0.25, -0.2) is 4.98 Å². The largest absolute Gasteiger partial charge is 0.456 e. The van der Waals surface area contributed by atoms with Crippen molar-refractivity contribution in [2.24, 2.45) is 0 Å². The summed E-state index contributed by atoms with van der Waals surface area (Å²) in [6.07, 6.45) is 0. The van der Waals surface area contributed by atoms with E-state index in [1.165, 1.54) is 10.8 Å². The van der Waals surface area contributed by atoms with Gasteiger partial charge in [-0.3, -0.25) is 4.57 Å². The highest BCUT2D eigenvalue weighted by Gasteiger charge is 2.23. The third-order valence-corrected chi connectivity index (χ3v) is 12.4. The van der Waals surface area contributed by atoms with Gasteiger partial charge in [-0.05, 0) is 65.2 Å². The topological polar surface area (TPSA) is 61.7 Å². The molecule has 63 heavy (non-hydrogen) atoms. The lowest BCUT2D eigenvalue weighted by atomic mass is 9.98. The van der Waals surface area contributed by atoms with Gasteiger partial charge in [0.05, 0.1) is 22.1 Å². The minimum atomic E-state index is 0.536. The number of hydrogen-bond acceptors (Lipinski definition) is 4. The van der Waals surface area contributed by atoms with E-state index in [0.717, 1.165) is 93.8 Å². The summed E-state index contributed by atoms with van der Waals surface area (Å²) in [6.45, 7) is 0. The maximum Gasteiger partial charge on any atom is 0.238 e. The van der Waals surface area contributed by atoms with Gasteiger partial charge in [0.25, 0.3) is 0 Å². The Bertz CT molecular complexity index is 3860. The van der Waals surface area contributed by atoms with Gasteiger partial charge < -0.3 is 8.98 Å². The van der Waals surface area contributed by atoms with Crippen molar-refractivity contribution in [2.45, 2.75) is 0 Å². The molecule has 6 heteroatoms. The molecule has 0 aliphatic heterocycles. The van der Waals surface area contributed by atoms with Gasteiger partial charge in [-0.2, -0.15) is 9.97 Å². The molecule has 0 N–H and O–H groups in total. The van der Waals surface area contributed by atoms with Crippen LogP contribution in [0.5, 0.6) is 0 Å². The Morgan fingerprint density at radius 3 is 1.62 bits per heavy atom. The number of aromatic nitrogens is 5. The Morgan fingerprint density at radius 2 is 0.889 bits per heavy atom. The van der Waals surface area contributed by atoms with E-state index in [9.17, 15) is 0 Å². The van der Waals surface area contributed by atoms with Crippen molar-refractivity contribution < 1.29 is 4.42 Å². The molecule has 4 aromatic heterocycles. The van der Waals surface area contributed by atoms with Crippen LogP contribution in [0.2, 0.25) is 0 Å². The predicted octanol–water partition coefficient (Wildman–Crippen LogP) is 14.6. The molecule has 0 radical (unpaired) electrons. The van der Waals surface area contributed by atoms with E-state index in [0.29, 0.717) is 17.6 Å². The summed E-state index contributed by atoms with van der Waals surface area (Å²) in [4.78, 5) is 16.3. The van der Waals surface area contributed by atoms with Crippen LogP contribution in [0.25, 0.3) is 122 Å². The van der Waals surface area contributed by atoms with Crippen LogP contribution >= 0.6 is 0 Å². The van der Waals surface area contributed by atoms with Crippen molar-refractivity contribution in [1.82, 2.24) is 24.1 Å². The third kappa shape index (κ3) is 5.55. The zero-order chi connectivity index (χ0) is 41.4. The van der Waals surface area contributed by atoms with Crippen molar-refractivity contribution >= 4 is 65.6 Å². The van der Waals surface area contributed by atoms with E-state index in [4.69, 9.17) is 19.4 Å². The van der Waals surface area contributed by atoms with E-state index in [2.05, 4.69) is 191 Å². The second kappa shape index (κ2) is 14.0. The molecule has 0 amide bonds. The highest BCUT2D eigenvalue weighted by atomic mass is 16.3. The minimum absolute atomic E-state index is 0.536. The Labute approximate surface area is 361 Å². The molecule has 0 bridgehead atoms. The molecule has 0 aliphatic rings. The zero-order valence-corrected chi connectivity index (χ0v) is 33.9. The first-order valence-electron chi connectivity index (χ1n) is 21.2.